The van der Waals surface area contributed by atoms with E-state index in [0.29, 0.717) is 12.0 Å². The SMILES string of the molecule is CC(C)(O)C1CCC(N2CC=Cc3ccc(Br)cc32)CC1. The molecule has 2 aliphatic rings. The first-order valence-electron chi connectivity index (χ1n) is 7.90. The van der Waals surface area contributed by atoms with Gasteiger partial charge in [-0.05, 0) is 63.1 Å². The molecular weight excluding hydrogens is 326 g/mol. The number of hydrogen-bond donors (Lipinski definition) is 1. The van der Waals surface area contributed by atoms with E-state index in [1.165, 1.54) is 24.1 Å². The highest BCUT2D eigenvalue weighted by Crippen LogP contribution is 2.38. The van der Waals surface area contributed by atoms with Crippen LogP contribution in [0.15, 0.2) is 28.7 Å². The number of benzene rings is 1. The Bertz CT molecular complexity index is 539. The molecule has 21 heavy (non-hydrogen) atoms. The van der Waals surface area contributed by atoms with Crippen molar-refractivity contribution in [3.63, 3.8) is 0 Å². The molecule has 1 saturated carbocycles. The summed E-state index contributed by atoms with van der Waals surface area (Å²) in [4.78, 5) is 2.54. The number of nitrogens with zero attached hydrogens (tertiary/aromatic N) is 1. The topological polar surface area (TPSA) is 23.5 Å². The lowest BCUT2D eigenvalue weighted by atomic mass is 9.76. The first-order chi connectivity index (χ1) is 9.95. The number of rotatable bonds is 2. The van der Waals surface area contributed by atoms with Crippen LogP contribution in [0.3, 0.4) is 0 Å². The van der Waals surface area contributed by atoms with Crippen LogP contribution in [0.2, 0.25) is 0 Å². The van der Waals surface area contributed by atoms with Gasteiger partial charge in [-0.25, -0.2) is 0 Å². The molecule has 3 rings (SSSR count). The summed E-state index contributed by atoms with van der Waals surface area (Å²) in [5.74, 6) is 0.441. The minimum atomic E-state index is -0.534. The largest absolute Gasteiger partial charge is 0.390 e. The molecule has 114 valence electrons. The van der Waals surface area contributed by atoms with Crippen molar-refractivity contribution in [2.24, 2.45) is 5.92 Å². The van der Waals surface area contributed by atoms with Crippen LogP contribution in [0.1, 0.15) is 45.1 Å². The Morgan fingerprint density at radius 1 is 1.19 bits per heavy atom. The molecule has 0 saturated heterocycles. The Kier molecular flexibility index (Phi) is 4.15. The average molecular weight is 350 g/mol. The Morgan fingerprint density at radius 3 is 2.57 bits per heavy atom. The van der Waals surface area contributed by atoms with Gasteiger partial charge in [0.25, 0.3) is 0 Å². The Morgan fingerprint density at radius 2 is 1.90 bits per heavy atom. The monoisotopic (exact) mass is 349 g/mol. The maximum atomic E-state index is 10.2. The molecule has 0 amide bonds. The maximum absolute atomic E-state index is 10.2. The van der Waals surface area contributed by atoms with Crippen molar-refractivity contribution in [1.82, 2.24) is 0 Å². The zero-order chi connectivity index (χ0) is 15.0. The summed E-state index contributed by atoms with van der Waals surface area (Å²) < 4.78 is 1.15. The molecular formula is C18H24BrNO. The number of halogens is 1. The molecule has 3 heteroatoms. The number of fused-ring (bicyclic) bond motifs is 1. The average Bonchev–Trinajstić information content (AvgIpc) is 2.46. The molecule has 2 nitrogen and oxygen atoms in total. The summed E-state index contributed by atoms with van der Waals surface area (Å²) in [6.45, 7) is 4.91. The molecule has 0 atom stereocenters. The first kappa shape index (κ1) is 15.1. The van der Waals surface area contributed by atoms with E-state index in [9.17, 15) is 5.11 Å². The Balaban J connectivity index is 1.75. The van der Waals surface area contributed by atoms with Crippen LogP contribution in [0, 0.1) is 5.92 Å². The van der Waals surface area contributed by atoms with Crippen LogP contribution in [-0.2, 0) is 0 Å². The van der Waals surface area contributed by atoms with Crippen LogP contribution in [0.4, 0.5) is 5.69 Å². The predicted molar refractivity (Wildman–Crippen MR) is 92.6 cm³/mol. The summed E-state index contributed by atoms with van der Waals surface area (Å²) in [5.41, 5.74) is 2.13. The Hall–Kier alpha value is -0.800. The van der Waals surface area contributed by atoms with Gasteiger partial charge in [0.05, 0.1) is 5.60 Å². The molecule has 0 bridgehead atoms. The van der Waals surface area contributed by atoms with E-state index in [0.717, 1.165) is 23.9 Å². The molecule has 0 spiro atoms. The second-order valence-electron chi connectivity index (χ2n) is 6.92. The third-order valence-corrected chi connectivity index (χ3v) is 5.53. The van der Waals surface area contributed by atoms with Gasteiger partial charge in [0.1, 0.15) is 0 Å². The van der Waals surface area contributed by atoms with Gasteiger partial charge in [-0.15, -0.1) is 0 Å². The van der Waals surface area contributed by atoms with E-state index in [1.54, 1.807) is 0 Å². The first-order valence-corrected chi connectivity index (χ1v) is 8.69. The van der Waals surface area contributed by atoms with Crippen LogP contribution in [0.5, 0.6) is 0 Å². The summed E-state index contributed by atoms with van der Waals surface area (Å²) in [6, 6.07) is 7.13. The highest BCUT2D eigenvalue weighted by molar-refractivity contribution is 9.10. The van der Waals surface area contributed by atoms with Crippen LogP contribution in [0.25, 0.3) is 6.08 Å². The molecule has 0 radical (unpaired) electrons. The van der Waals surface area contributed by atoms with Crippen LogP contribution < -0.4 is 4.90 Å². The van der Waals surface area contributed by atoms with Gasteiger partial charge in [-0.2, -0.15) is 0 Å². The minimum Gasteiger partial charge on any atom is -0.390 e. The Labute approximate surface area is 136 Å². The van der Waals surface area contributed by atoms with Crippen LogP contribution in [-0.4, -0.2) is 23.3 Å². The van der Waals surface area contributed by atoms with Gasteiger partial charge < -0.3 is 10.0 Å². The van der Waals surface area contributed by atoms with Crippen molar-refractivity contribution in [3.8, 4) is 0 Å². The van der Waals surface area contributed by atoms with Crippen molar-refractivity contribution in [1.29, 1.82) is 0 Å². The number of anilines is 1. The highest BCUT2D eigenvalue weighted by Gasteiger charge is 2.33. The maximum Gasteiger partial charge on any atom is 0.0619 e. The van der Waals surface area contributed by atoms with Crippen molar-refractivity contribution in [2.45, 2.75) is 51.2 Å². The standard InChI is InChI=1S/C18H24BrNO/c1-18(2,21)14-6-9-16(10-7-14)20-11-3-4-13-5-8-15(19)12-17(13)20/h3-5,8,12,14,16,21H,6-7,9-11H2,1-2H3. The van der Waals surface area contributed by atoms with Gasteiger partial charge in [-0.3, -0.25) is 0 Å². The highest BCUT2D eigenvalue weighted by atomic mass is 79.9. The molecule has 1 fully saturated rings. The molecule has 1 aromatic carbocycles. The van der Waals surface area contributed by atoms with Crippen molar-refractivity contribution in [2.75, 3.05) is 11.4 Å². The molecule has 1 aliphatic carbocycles. The third-order valence-electron chi connectivity index (χ3n) is 5.04. The normalized spacial score (nSPS) is 25.8. The van der Waals surface area contributed by atoms with E-state index in [-0.39, 0.29) is 0 Å². The van der Waals surface area contributed by atoms with Gasteiger partial charge in [-0.1, -0.05) is 34.1 Å². The zero-order valence-corrected chi connectivity index (χ0v) is 14.4. The smallest absolute Gasteiger partial charge is 0.0619 e. The fourth-order valence-corrected chi connectivity index (χ4v) is 4.09. The summed E-state index contributed by atoms with van der Waals surface area (Å²) in [5, 5.41) is 10.2. The van der Waals surface area contributed by atoms with Crippen LogP contribution >= 0.6 is 15.9 Å². The molecule has 0 unspecified atom stereocenters. The molecule has 1 N–H and O–H groups in total. The van der Waals surface area contributed by atoms with E-state index in [1.807, 2.05) is 13.8 Å². The molecule has 0 aromatic heterocycles. The lowest BCUT2D eigenvalue weighted by Crippen LogP contribution is -2.43. The quantitative estimate of drug-likeness (QED) is 0.842. The number of hydrogen-bond acceptors (Lipinski definition) is 2. The minimum absolute atomic E-state index is 0.441. The lowest BCUT2D eigenvalue weighted by molar-refractivity contribution is -0.00149. The van der Waals surface area contributed by atoms with Gasteiger partial charge >= 0.3 is 0 Å². The molecule has 1 aliphatic heterocycles. The third kappa shape index (κ3) is 3.19. The van der Waals surface area contributed by atoms with E-state index < -0.39 is 5.60 Å². The number of aliphatic hydroxyl groups is 1. The summed E-state index contributed by atoms with van der Waals surface area (Å²) in [6.07, 6.45) is 9.08. The second-order valence-corrected chi connectivity index (χ2v) is 7.83. The summed E-state index contributed by atoms with van der Waals surface area (Å²) in [7, 11) is 0. The van der Waals surface area contributed by atoms with Gasteiger partial charge in [0, 0.05) is 22.7 Å². The van der Waals surface area contributed by atoms with Crippen molar-refractivity contribution >= 4 is 27.7 Å². The van der Waals surface area contributed by atoms with Crippen molar-refractivity contribution in [3.05, 3.63) is 34.3 Å². The van der Waals surface area contributed by atoms with Gasteiger partial charge in [0.2, 0.25) is 0 Å². The fraction of sp³-hybridized carbons (Fsp3) is 0.556. The van der Waals surface area contributed by atoms with Crippen molar-refractivity contribution < 1.29 is 5.11 Å². The van der Waals surface area contributed by atoms with E-state index in [2.05, 4.69) is 51.2 Å². The predicted octanol–water partition coefficient (Wildman–Crippen LogP) is 4.61. The van der Waals surface area contributed by atoms with Gasteiger partial charge in [0.15, 0.2) is 0 Å². The zero-order valence-electron chi connectivity index (χ0n) is 12.8. The second kappa shape index (κ2) is 5.77. The summed E-state index contributed by atoms with van der Waals surface area (Å²) >= 11 is 3.59. The molecule has 1 heterocycles. The fourth-order valence-electron chi connectivity index (χ4n) is 3.74. The lowest BCUT2D eigenvalue weighted by Gasteiger charge is -2.42. The van der Waals surface area contributed by atoms with E-state index >= 15 is 0 Å². The van der Waals surface area contributed by atoms with E-state index in [4.69, 9.17) is 0 Å². The molecule has 1 aromatic rings.